The van der Waals surface area contributed by atoms with E-state index in [1.165, 1.54) is 4.90 Å². The second-order valence-electron chi connectivity index (χ2n) is 7.53. The highest BCUT2D eigenvalue weighted by Crippen LogP contribution is 2.26. The fraction of sp³-hybridized carbons (Fsp3) is 0.857. The zero-order valence-electron chi connectivity index (χ0n) is 13.9. The smallest absolute Gasteiger partial charge is 0.248 e. The molecule has 0 unspecified atom stereocenters. The Kier molecular flexibility index (Phi) is 4.24. The Labute approximate surface area is 127 Å². The molecule has 21 heavy (non-hydrogen) atoms. The van der Waals surface area contributed by atoms with Crippen LogP contribution in [0.2, 0.25) is 0 Å². The lowest BCUT2D eigenvalue weighted by atomic mass is 9.90. The minimum absolute atomic E-state index is 0.0162. The van der Waals surface area contributed by atoms with Crippen LogP contribution < -0.4 is 5.32 Å². The van der Waals surface area contributed by atoms with E-state index in [4.69, 9.17) is 0 Å². The standard InChI is InChI=1S/C14H26N2O4S/c1-12(2,3)21(19,20)9-8-16-11(18)13(4,5)15-10(17)14(16,6)7/h8-9H2,1-7H3,(H,15,17). The Balaban J connectivity index is 3.04. The molecule has 0 aromatic carbocycles. The molecule has 122 valence electrons. The minimum atomic E-state index is -3.35. The Morgan fingerprint density at radius 1 is 1.10 bits per heavy atom. The van der Waals surface area contributed by atoms with Crippen molar-refractivity contribution in [2.75, 3.05) is 12.3 Å². The molecule has 0 bridgehead atoms. The number of carbonyl (C=O) groups excluding carboxylic acids is 2. The number of hydrogen-bond donors (Lipinski definition) is 1. The van der Waals surface area contributed by atoms with Gasteiger partial charge in [-0.15, -0.1) is 0 Å². The van der Waals surface area contributed by atoms with Crippen LogP contribution in [0.25, 0.3) is 0 Å². The Morgan fingerprint density at radius 2 is 1.57 bits per heavy atom. The fourth-order valence-electron chi connectivity index (χ4n) is 2.10. The summed E-state index contributed by atoms with van der Waals surface area (Å²) in [5.74, 6) is -0.703. The molecule has 7 heteroatoms. The maximum Gasteiger partial charge on any atom is 0.248 e. The van der Waals surface area contributed by atoms with Gasteiger partial charge in [-0.2, -0.15) is 0 Å². The zero-order chi connectivity index (χ0) is 16.9. The number of rotatable bonds is 3. The number of carbonyl (C=O) groups is 2. The summed E-state index contributed by atoms with van der Waals surface area (Å²) in [5, 5.41) is 2.67. The van der Waals surface area contributed by atoms with Gasteiger partial charge in [-0.05, 0) is 48.5 Å². The highest BCUT2D eigenvalue weighted by atomic mass is 32.2. The van der Waals surface area contributed by atoms with E-state index in [1.807, 2.05) is 0 Å². The van der Waals surface area contributed by atoms with Gasteiger partial charge in [-0.1, -0.05) is 0 Å². The van der Waals surface area contributed by atoms with Crippen LogP contribution >= 0.6 is 0 Å². The summed E-state index contributed by atoms with van der Waals surface area (Å²) in [6.07, 6.45) is 0. The first-order valence-electron chi connectivity index (χ1n) is 7.00. The predicted molar refractivity (Wildman–Crippen MR) is 81.6 cm³/mol. The molecule has 1 aliphatic rings. The monoisotopic (exact) mass is 318 g/mol. The van der Waals surface area contributed by atoms with Crippen LogP contribution in [0.1, 0.15) is 48.5 Å². The van der Waals surface area contributed by atoms with Crippen molar-refractivity contribution in [3.63, 3.8) is 0 Å². The molecule has 1 rings (SSSR count). The largest absolute Gasteiger partial charge is 0.340 e. The van der Waals surface area contributed by atoms with Gasteiger partial charge < -0.3 is 10.2 Å². The fourth-order valence-corrected chi connectivity index (χ4v) is 3.14. The van der Waals surface area contributed by atoms with Crippen molar-refractivity contribution in [1.29, 1.82) is 0 Å². The van der Waals surface area contributed by atoms with E-state index in [0.717, 1.165) is 0 Å². The summed E-state index contributed by atoms with van der Waals surface area (Å²) in [5.41, 5.74) is -2.07. The molecule has 2 amide bonds. The van der Waals surface area contributed by atoms with Crippen molar-refractivity contribution < 1.29 is 18.0 Å². The first-order chi connectivity index (χ1) is 9.13. The Hall–Kier alpha value is -1.11. The molecule has 0 aromatic rings. The molecule has 1 heterocycles. The number of hydrogen-bond acceptors (Lipinski definition) is 4. The molecule has 0 aromatic heterocycles. The van der Waals surface area contributed by atoms with E-state index in [2.05, 4.69) is 5.32 Å². The van der Waals surface area contributed by atoms with Crippen molar-refractivity contribution in [2.45, 2.75) is 64.3 Å². The number of nitrogens with zero attached hydrogens (tertiary/aromatic N) is 1. The van der Waals surface area contributed by atoms with Gasteiger partial charge >= 0.3 is 0 Å². The SMILES string of the molecule is CC1(C)NC(=O)C(C)(C)N(CCS(=O)(=O)C(C)(C)C)C1=O. The van der Waals surface area contributed by atoms with Crippen LogP contribution in [0.15, 0.2) is 0 Å². The molecule has 1 aliphatic heterocycles. The number of nitrogens with one attached hydrogen (secondary N) is 1. The molecule has 6 nitrogen and oxygen atoms in total. The molecule has 0 aliphatic carbocycles. The highest BCUT2D eigenvalue weighted by Gasteiger charge is 2.50. The molecule has 1 saturated heterocycles. The Morgan fingerprint density at radius 3 is 2.00 bits per heavy atom. The van der Waals surface area contributed by atoms with E-state index < -0.39 is 25.7 Å². The summed E-state index contributed by atoms with van der Waals surface area (Å²) in [6, 6.07) is 0. The third-order valence-corrected chi connectivity index (χ3v) is 6.54. The van der Waals surface area contributed by atoms with E-state index in [-0.39, 0.29) is 24.1 Å². The zero-order valence-corrected chi connectivity index (χ0v) is 14.7. The average Bonchev–Trinajstić information content (AvgIpc) is 2.24. The number of piperazine rings is 1. The number of amides is 2. The van der Waals surface area contributed by atoms with Gasteiger partial charge in [0.25, 0.3) is 0 Å². The third kappa shape index (κ3) is 3.22. The van der Waals surface area contributed by atoms with Gasteiger partial charge in [-0.25, -0.2) is 8.42 Å². The van der Waals surface area contributed by atoms with E-state index in [1.54, 1.807) is 48.5 Å². The normalized spacial score (nSPS) is 22.1. The van der Waals surface area contributed by atoms with Crippen molar-refractivity contribution in [3.8, 4) is 0 Å². The summed E-state index contributed by atoms with van der Waals surface area (Å²) in [6.45, 7) is 11.4. The molecular weight excluding hydrogens is 292 g/mol. The number of sulfone groups is 1. The molecule has 0 saturated carbocycles. The van der Waals surface area contributed by atoms with Crippen molar-refractivity contribution in [2.24, 2.45) is 0 Å². The van der Waals surface area contributed by atoms with E-state index >= 15 is 0 Å². The maximum atomic E-state index is 12.5. The van der Waals surface area contributed by atoms with Crippen LogP contribution in [-0.4, -0.2) is 53.3 Å². The third-order valence-electron chi connectivity index (χ3n) is 3.95. The van der Waals surface area contributed by atoms with Gasteiger partial charge in [0, 0.05) is 6.54 Å². The van der Waals surface area contributed by atoms with Crippen LogP contribution in [0.3, 0.4) is 0 Å². The lowest BCUT2D eigenvalue weighted by molar-refractivity contribution is -0.159. The van der Waals surface area contributed by atoms with Gasteiger partial charge in [-0.3, -0.25) is 9.59 Å². The van der Waals surface area contributed by atoms with Gasteiger partial charge in [0.1, 0.15) is 11.1 Å². The van der Waals surface area contributed by atoms with E-state index in [0.29, 0.717) is 0 Å². The predicted octanol–water partition coefficient (Wildman–Crippen LogP) is 0.715. The lowest BCUT2D eigenvalue weighted by Gasteiger charge is -2.47. The second kappa shape index (κ2) is 4.97. The molecular formula is C14H26N2O4S. The maximum absolute atomic E-state index is 12.5. The van der Waals surface area contributed by atoms with Crippen LogP contribution in [0, 0.1) is 0 Å². The lowest BCUT2D eigenvalue weighted by Crippen LogP contribution is -2.72. The van der Waals surface area contributed by atoms with Crippen LogP contribution in [-0.2, 0) is 19.4 Å². The van der Waals surface area contributed by atoms with Gasteiger partial charge in [0.2, 0.25) is 11.8 Å². The molecule has 1 N–H and O–H groups in total. The second-order valence-corrected chi connectivity index (χ2v) is 10.4. The first kappa shape index (κ1) is 17.9. The van der Waals surface area contributed by atoms with Crippen LogP contribution in [0.4, 0.5) is 0 Å². The average molecular weight is 318 g/mol. The van der Waals surface area contributed by atoms with Crippen molar-refractivity contribution in [1.82, 2.24) is 10.2 Å². The quantitative estimate of drug-likeness (QED) is 0.831. The Bertz CT molecular complexity index is 556. The van der Waals surface area contributed by atoms with Gasteiger partial charge in [0.15, 0.2) is 9.84 Å². The summed E-state index contributed by atoms with van der Waals surface area (Å²) in [4.78, 5) is 26.0. The van der Waals surface area contributed by atoms with E-state index in [9.17, 15) is 18.0 Å². The van der Waals surface area contributed by atoms with Gasteiger partial charge in [0.05, 0.1) is 10.5 Å². The van der Waals surface area contributed by atoms with Crippen molar-refractivity contribution in [3.05, 3.63) is 0 Å². The molecule has 1 fully saturated rings. The molecule has 0 spiro atoms. The van der Waals surface area contributed by atoms with Crippen LogP contribution in [0.5, 0.6) is 0 Å². The topological polar surface area (TPSA) is 83.6 Å². The molecule has 0 atom stereocenters. The first-order valence-corrected chi connectivity index (χ1v) is 8.65. The summed E-state index contributed by atoms with van der Waals surface area (Å²) < 4.78 is 23.6. The van der Waals surface area contributed by atoms with Crippen molar-refractivity contribution >= 4 is 21.7 Å². The highest BCUT2D eigenvalue weighted by molar-refractivity contribution is 7.92. The minimum Gasteiger partial charge on any atom is -0.340 e. The summed E-state index contributed by atoms with van der Waals surface area (Å²) >= 11 is 0. The summed E-state index contributed by atoms with van der Waals surface area (Å²) in [7, 11) is -3.35. The molecule has 0 radical (unpaired) electrons.